The Bertz CT molecular complexity index is 1050. The van der Waals surface area contributed by atoms with Crippen LogP contribution in [0.1, 0.15) is 28.5 Å². The maximum Gasteiger partial charge on any atom is 0.308 e. The largest absolute Gasteiger partial charge is 0.495 e. The average Bonchev–Trinajstić information content (AvgIpc) is 2.91. The minimum Gasteiger partial charge on any atom is -0.495 e. The molecule has 140 valence electrons. The summed E-state index contributed by atoms with van der Waals surface area (Å²) in [6, 6.07) is 8.25. The molecular weight excluding hydrogens is 348 g/mol. The van der Waals surface area contributed by atoms with Crippen molar-refractivity contribution in [2.75, 3.05) is 20.0 Å². The molecule has 3 rings (SSSR count). The summed E-state index contributed by atoms with van der Waals surface area (Å²) in [5, 5.41) is 0. The van der Waals surface area contributed by atoms with Crippen LogP contribution in [0.15, 0.2) is 36.5 Å². The van der Waals surface area contributed by atoms with Crippen molar-refractivity contribution in [3.8, 4) is 17.2 Å². The van der Waals surface area contributed by atoms with E-state index in [1.54, 1.807) is 55.0 Å². The van der Waals surface area contributed by atoms with E-state index in [2.05, 4.69) is 0 Å². The van der Waals surface area contributed by atoms with Crippen molar-refractivity contribution < 1.29 is 23.8 Å². The number of anilines is 1. The number of nitrogen functional groups attached to an aromatic ring is 1. The Morgan fingerprint density at radius 2 is 1.81 bits per heavy atom. The van der Waals surface area contributed by atoms with Gasteiger partial charge in [-0.2, -0.15) is 0 Å². The lowest BCUT2D eigenvalue weighted by Gasteiger charge is -2.09. The molecule has 0 unspecified atom stereocenters. The van der Waals surface area contributed by atoms with E-state index in [1.807, 2.05) is 0 Å². The van der Waals surface area contributed by atoms with Gasteiger partial charge in [0.05, 0.1) is 31.6 Å². The first-order valence-electron chi connectivity index (χ1n) is 8.22. The van der Waals surface area contributed by atoms with Gasteiger partial charge in [0.15, 0.2) is 0 Å². The number of methoxy groups -OCH3 is 2. The monoisotopic (exact) mass is 368 g/mol. The molecule has 0 aliphatic carbocycles. The van der Waals surface area contributed by atoms with E-state index >= 15 is 0 Å². The number of esters is 1. The molecule has 7 nitrogen and oxygen atoms in total. The van der Waals surface area contributed by atoms with Gasteiger partial charge >= 0.3 is 5.97 Å². The van der Waals surface area contributed by atoms with E-state index in [0.717, 1.165) is 0 Å². The van der Waals surface area contributed by atoms with Gasteiger partial charge in [-0.05, 0) is 37.3 Å². The van der Waals surface area contributed by atoms with Crippen LogP contribution in [-0.4, -0.2) is 30.4 Å². The van der Waals surface area contributed by atoms with Crippen LogP contribution >= 0.6 is 0 Å². The van der Waals surface area contributed by atoms with Gasteiger partial charge in [-0.3, -0.25) is 9.59 Å². The fourth-order valence-corrected chi connectivity index (χ4v) is 3.08. The minimum absolute atomic E-state index is 0.232. The first-order chi connectivity index (χ1) is 12.9. The molecule has 27 heavy (non-hydrogen) atoms. The first kappa shape index (κ1) is 18.3. The Balaban J connectivity index is 2.21. The minimum atomic E-state index is -0.443. The molecule has 2 heterocycles. The first-order valence-corrected chi connectivity index (χ1v) is 8.22. The van der Waals surface area contributed by atoms with Crippen LogP contribution in [0, 0.1) is 6.92 Å². The van der Waals surface area contributed by atoms with Crippen molar-refractivity contribution in [1.29, 1.82) is 0 Å². The second-order valence-corrected chi connectivity index (χ2v) is 6.01. The highest BCUT2D eigenvalue weighted by molar-refractivity contribution is 6.11. The number of benzene rings is 1. The molecule has 0 aliphatic heterocycles. The van der Waals surface area contributed by atoms with Crippen LogP contribution in [0.25, 0.3) is 5.52 Å². The van der Waals surface area contributed by atoms with E-state index in [0.29, 0.717) is 45.3 Å². The van der Waals surface area contributed by atoms with E-state index in [-0.39, 0.29) is 5.78 Å². The second kappa shape index (κ2) is 7.03. The summed E-state index contributed by atoms with van der Waals surface area (Å²) >= 11 is 0. The van der Waals surface area contributed by atoms with E-state index < -0.39 is 5.97 Å². The maximum absolute atomic E-state index is 13.2. The molecule has 0 fully saturated rings. The molecule has 0 radical (unpaired) electrons. The SMILES string of the molecule is COc1cc(C(=O)c2c(C)c(OC)c3ccc(OC(C)=O)cn23)ccc1N. The summed E-state index contributed by atoms with van der Waals surface area (Å²) in [6.45, 7) is 3.12. The van der Waals surface area contributed by atoms with Gasteiger partial charge in [-0.25, -0.2) is 0 Å². The smallest absolute Gasteiger partial charge is 0.308 e. The molecule has 7 heteroatoms. The number of ether oxygens (including phenoxy) is 3. The molecule has 1 aromatic carbocycles. The molecule has 0 saturated heterocycles. The number of ketones is 1. The molecule has 3 aromatic rings. The molecule has 0 amide bonds. The summed E-state index contributed by atoms with van der Waals surface area (Å²) in [6.07, 6.45) is 1.59. The van der Waals surface area contributed by atoms with Crippen LogP contribution in [0.4, 0.5) is 5.69 Å². The number of nitrogens with zero attached hydrogens (tertiary/aromatic N) is 1. The maximum atomic E-state index is 13.2. The summed E-state index contributed by atoms with van der Waals surface area (Å²) in [7, 11) is 3.04. The van der Waals surface area contributed by atoms with Gasteiger partial charge in [-0.15, -0.1) is 0 Å². The Morgan fingerprint density at radius 3 is 2.44 bits per heavy atom. The third kappa shape index (κ3) is 3.19. The number of carbonyl (C=O) groups excluding carboxylic acids is 2. The van der Waals surface area contributed by atoms with Crippen molar-refractivity contribution in [3.63, 3.8) is 0 Å². The number of nitrogens with two attached hydrogens (primary N) is 1. The second-order valence-electron chi connectivity index (χ2n) is 6.01. The van der Waals surface area contributed by atoms with Gasteiger partial charge in [0.2, 0.25) is 5.78 Å². The summed E-state index contributed by atoms with van der Waals surface area (Å²) in [5.41, 5.74) is 8.48. The molecule has 2 N–H and O–H groups in total. The topological polar surface area (TPSA) is 92.3 Å². The van der Waals surface area contributed by atoms with Gasteiger partial charge < -0.3 is 24.3 Å². The Hall–Kier alpha value is -3.48. The number of rotatable bonds is 5. The Kier molecular flexibility index (Phi) is 4.77. The van der Waals surface area contributed by atoms with Crippen molar-refractivity contribution >= 4 is 23.0 Å². The lowest BCUT2D eigenvalue weighted by Crippen LogP contribution is -2.09. The van der Waals surface area contributed by atoms with Crippen LogP contribution in [-0.2, 0) is 4.79 Å². The molecule has 0 spiro atoms. The standard InChI is InChI=1S/C20H20N2O5/c1-11-18(19(24)13-5-7-15(21)17(9-13)25-3)22-10-14(27-12(2)23)6-8-16(22)20(11)26-4/h5-10H,21H2,1-4H3. The van der Waals surface area contributed by atoms with Crippen molar-refractivity contribution in [2.24, 2.45) is 0 Å². The van der Waals surface area contributed by atoms with Crippen molar-refractivity contribution in [3.05, 3.63) is 53.3 Å². The van der Waals surface area contributed by atoms with Crippen LogP contribution in [0.5, 0.6) is 17.2 Å². The zero-order valence-electron chi connectivity index (χ0n) is 15.5. The zero-order valence-corrected chi connectivity index (χ0v) is 15.5. The van der Waals surface area contributed by atoms with E-state index in [1.165, 1.54) is 14.0 Å². The molecule has 0 aliphatic rings. The average molecular weight is 368 g/mol. The highest BCUT2D eigenvalue weighted by atomic mass is 16.5. The highest BCUT2D eigenvalue weighted by Gasteiger charge is 2.23. The van der Waals surface area contributed by atoms with Gasteiger partial charge in [-0.1, -0.05) is 0 Å². The van der Waals surface area contributed by atoms with Gasteiger partial charge in [0, 0.05) is 18.1 Å². The lowest BCUT2D eigenvalue weighted by atomic mass is 10.0. The Morgan fingerprint density at radius 1 is 1.07 bits per heavy atom. The van der Waals surface area contributed by atoms with E-state index in [9.17, 15) is 9.59 Å². The quantitative estimate of drug-likeness (QED) is 0.423. The summed E-state index contributed by atoms with van der Waals surface area (Å²) in [5.74, 6) is 0.657. The predicted molar refractivity (Wildman–Crippen MR) is 101 cm³/mol. The molecule has 2 aromatic heterocycles. The van der Waals surface area contributed by atoms with Crippen LogP contribution < -0.4 is 19.9 Å². The number of pyridine rings is 1. The summed E-state index contributed by atoms with van der Waals surface area (Å²) < 4.78 is 17.5. The molecule has 0 atom stereocenters. The number of carbonyl (C=O) groups is 2. The fraction of sp³-hybridized carbons (Fsp3) is 0.200. The number of aromatic nitrogens is 1. The van der Waals surface area contributed by atoms with Crippen molar-refractivity contribution in [1.82, 2.24) is 4.40 Å². The number of hydrogen-bond acceptors (Lipinski definition) is 6. The van der Waals surface area contributed by atoms with E-state index in [4.69, 9.17) is 19.9 Å². The lowest BCUT2D eigenvalue weighted by molar-refractivity contribution is -0.131. The molecule has 0 bridgehead atoms. The van der Waals surface area contributed by atoms with Gasteiger partial charge in [0.25, 0.3) is 0 Å². The summed E-state index contributed by atoms with van der Waals surface area (Å²) in [4.78, 5) is 24.5. The van der Waals surface area contributed by atoms with Crippen LogP contribution in [0.3, 0.4) is 0 Å². The third-order valence-electron chi connectivity index (χ3n) is 4.27. The van der Waals surface area contributed by atoms with Crippen molar-refractivity contribution in [2.45, 2.75) is 13.8 Å². The Labute approximate surface area is 156 Å². The normalized spacial score (nSPS) is 10.7. The fourth-order valence-electron chi connectivity index (χ4n) is 3.08. The predicted octanol–water partition coefficient (Wildman–Crippen LogP) is 3.00. The number of hydrogen-bond donors (Lipinski definition) is 1. The molecular formula is C20H20N2O5. The number of fused-ring (bicyclic) bond motifs is 1. The van der Waals surface area contributed by atoms with Gasteiger partial charge in [0.1, 0.15) is 22.9 Å². The zero-order chi connectivity index (χ0) is 19.7. The third-order valence-corrected chi connectivity index (χ3v) is 4.27. The van der Waals surface area contributed by atoms with Crippen LogP contribution in [0.2, 0.25) is 0 Å². The molecule has 0 saturated carbocycles. The highest BCUT2D eigenvalue weighted by Crippen LogP contribution is 2.34.